The van der Waals surface area contributed by atoms with Gasteiger partial charge in [0.1, 0.15) is 0 Å². The Morgan fingerprint density at radius 1 is 1.41 bits per heavy atom. The molecule has 0 unspecified atom stereocenters. The molecule has 0 saturated heterocycles. The maximum absolute atomic E-state index is 5.33. The van der Waals surface area contributed by atoms with Crippen LogP contribution in [0, 0.1) is 5.41 Å². The molecule has 0 aliphatic heterocycles. The SMILES string of the molecule is CCOCCCn1ccnc1NCC(C)(C)C. The minimum atomic E-state index is 0.266. The highest BCUT2D eigenvalue weighted by Crippen LogP contribution is 2.14. The molecule has 0 bridgehead atoms. The van der Waals surface area contributed by atoms with Crippen LogP contribution in [0.5, 0.6) is 0 Å². The van der Waals surface area contributed by atoms with Gasteiger partial charge in [-0.25, -0.2) is 4.98 Å². The third-order valence-corrected chi connectivity index (χ3v) is 2.38. The molecule has 98 valence electrons. The summed E-state index contributed by atoms with van der Waals surface area (Å²) >= 11 is 0. The van der Waals surface area contributed by atoms with Crippen LogP contribution in [0.4, 0.5) is 5.95 Å². The monoisotopic (exact) mass is 239 g/mol. The van der Waals surface area contributed by atoms with Crippen LogP contribution in [0.25, 0.3) is 0 Å². The molecule has 0 atom stereocenters. The summed E-state index contributed by atoms with van der Waals surface area (Å²) in [5.41, 5.74) is 0.266. The van der Waals surface area contributed by atoms with Crippen LogP contribution in [0.3, 0.4) is 0 Å². The summed E-state index contributed by atoms with van der Waals surface area (Å²) < 4.78 is 7.48. The molecule has 1 aromatic heterocycles. The van der Waals surface area contributed by atoms with Crippen LogP contribution in [0.2, 0.25) is 0 Å². The first-order chi connectivity index (χ1) is 8.03. The first kappa shape index (κ1) is 14.0. The largest absolute Gasteiger partial charge is 0.382 e. The van der Waals surface area contributed by atoms with E-state index in [1.165, 1.54) is 0 Å². The van der Waals surface area contributed by atoms with E-state index >= 15 is 0 Å². The van der Waals surface area contributed by atoms with Crippen LogP contribution >= 0.6 is 0 Å². The van der Waals surface area contributed by atoms with E-state index in [1.54, 1.807) is 0 Å². The zero-order chi connectivity index (χ0) is 12.7. The van der Waals surface area contributed by atoms with Gasteiger partial charge in [0.25, 0.3) is 0 Å². The standard InChI is InChI=1S/C13H25N3O/c1-5-17-10-6-8-16-9-7-14-12(16)15-11-13(2,3)4/h7,9H,5-6,8,10-11H2,1-4H3,(H,14,15). The Morgan fingerprint density at radius 3 is 2.82 bits per heavy atom. The van der Waals surface area contributed by atoms with Gasteiger partial charge >= 0.3 is 0 Å². The third-order valence-electron chi connectivity index (χ3n) is 2.38. The molecule has 4 nitrogen and oxygen atoms in total. The predicted octanol–water partition coefficient (Wildman–Crippen LogP) is 2.77. The molecular weight excluding hydrogens is 214 g/mol. The number of hydrogen-bond acceptors (Lipinski definition) is 3. The van der Waals surface area contributed by atoms with Crippen molar-refractivity contribution in [2.24, 2.45) is 5.41 Å². The van der Waals surface area contributed by atoms with Crippen LogP contribution in [-0.2, 0) is 11.3 Å². The summed E-state index contributed by atoms with van der Waals surface area (Å²) in [6.45, 7) is 12.1. The molecule has 4 heteroatoms. The second-order valence-electron chi connectivity index (χ2n) is 5.41. The van der Waals surface area contributed by atoms with E-state index < -0.39 is 0 Å². The number of hydrogen-bond donors (Lipinski definition) is 1. The van der Waals surface area contributed by atoms with Gasteiger partial charge in [0.15, 0.2) is 0 Å². The number of aromatic nitrogens is 2. The van der Waals surface area contributed by atoms with E-state index in [1.807, 2.05) is 19.3 Å². The lowest BCUT2D eigenvalue weighted by Gasteiger charge is -2.19. The van der Waals surface area contributed by atoms with Crippen molar-refractivity contribution in [3.63, 3.8) is 0 Å². The maximum Gasteiger partial charge on any atom is 0.202 e. The van der Waals surface area contributed by atoms with Crippen molar-refractivity contribution < 1.29 is 4.74 Å². The number of nitrogens with one attached hydrogen (secondary N) is 1. The van der Waals surface area contributed by atoms with Gasteiger partial charge in [0.05, 0.1) is 0 Å². The van der Waals surface area contributed by atoms with Gasteiger partial charge in [-0.2, -0.15) is 0 Å². The van der Waals surface area contributed by atoms with E-state index in [4.69, 9.17) is 4.74 Å². The predicted molar refractivity (Wildman–Crippen MR) is 71.3 cm³/mol. The van der Waals surface area contributed by atoms with Crippen molar-refractivity contribution in [2.45, 2.75) is 40.7 Å². The highest BCUT2D eigenvalue weighted by atomic mass is 16.5. The van der Waals surface area contributed by atoms with Crippen molar-refractivity contribution in [3.05, 3.63) is 12.4 Å². The van der Waals surface area contributed by atoms with Crippen molar-refractivity contribution in [1.29, 1.82) is 0 Å². The minimum Gasteiger partial charge on any atom is -0.382 e. The topological polar surface area (TPSA) is 39.1 Å². The Balaban J connectivity index is 2.37. The third kappa shape index (κ3) is 5.73. The fraction of sp³-hybridized carbons (Fsp3) is 0.769. The van der Waals surface area contributed by atoms with Gasteiger partial charge in [0, 0.05) is 38.7 Å². The number of nitrogens with zero attached hydrogens (tertiary/aromatic N) is 2. The summed E-state index contributed by atoms with van der Waals surface area (Å²) in [7, 11) is 0. The van der Waals surface area contributed by atoms with Gasteiger partial charge in [-0.1, -0.05) is 20.8 Å². The minimum absolute atomic E-state index is 0.266. The summed E-state index contributed by atoms with van der Waals surface area (Å²) in [4.78, 5) is 4.33. The summed E-state index contributed by atoms with van der Waals surface area (Å²) in [6, 6.07) is 0. The fourth-order valence-electron chi connectivity index (χ4n) is 1.48. The van der Waals surface area contributed by atoms with Gasteiger partial charge in [0.2, 0.25) is 5.95 Å². The van der Waals surface area contributed by atoms with Crippen LogP contribution in [0.1, 0.15) is 34.1 Å². The van der Waals surface area contributed by atoms with Gasteiger partial charge < -0.3 is 14.6 Å². The van der Waals surface area contributed by atoms with Gasteiger partial charge in [-0.05, 0) is 18.8 Å². The molecule has 0 amide bonds. The molecule has 0 saturated carbocycles. The Labute approximate surface area is 104 Å². The Kier molecular flexibility index (Phi) is 5.48. The van der Waals surface area contributed by atoms with Crippen LogP contribution in [0.15, 0.2) is 12.4 Å². The summed E-state index contributed by atoms with van der Waals surface area (Å²) in [5, 5.41) is 3.39. The van der Waals surface area contributed by atoms with Crippen molar-refractivity contribution in [1.82, 2.24) is 9.55 Å². The zero-order valence-corrected chi connectivity index (χ0v) is 11.5. The second kappa shape index (κ2) is 6.64. The Hall–Kier alpha value is -1.03. The van der Waals surface area contributed by atoms with Crippen molar-refractivity contribution in [2.75, 3.05) is 25.1 Å². The van der Waals surface area contributed by atoms with Gasteiger partial charge in [-0.15, -0.1) is 0 Å². The Bertz CT molecular complexity index is 315. The molecule has 1 N–H and O–H groups in total. The molecule has 0 fully saturated rings. The maximum atomic E-state index is 5.33. The van der Waals surface area contributed by atoms with E-state index in [2.05, 4.69) is 35.6 Å². The molecule has 0 aliphatic carbocycles. The molecule has 1 aromatic rings. The van der Waals surface area contributed by atoms with E-state index in [-0.39, 0.29) is 5.41 Å². The van der Waals surface area contributed by atoms with Crippen LogP contribution < -0.4 is 5.32 Å². The van der Waals surface area contributed by atoms with Gasteiger partial charge in [-0.3, -0.25) is 0 Å². The molecule has 17 heavy (non-hydrogen) atoms. The number of rotatable bonds is 7. The lowest BCUT2D eigenvalue weighted by molar-refractivity contribution is 0.142. The van der Waals surface area contributed by atoms with E-state index in [9.17, 15) is 0 Å². The van der Waals surface area contributed by atoms with E-state index in [0.29, 0.717) is 0 Å². The average Bonchev–Trinajstić information content (AvgIpc) is 2.68. The quantitative estimate of drug-likeness (QED) is 0.744. The zero-order valence-electron chi connectivity index (χ0n) is 11.5. The Morgan fingerprint density at radius 2 is 2.18 bits per heavy atom. The number of aryl methyl sites for hydroxylation is 1. The normalized spacial score (nSPS) is 11.8. The molecule has 1 rings (SSSR count). The van der Waals surface area contributed by atoms with E-state index in [0.717, 1.165) is 38.7 Å². The van der Waals surface area contributed by atoms with Crippen molar-refractivity contribution in [3.8, 4) is 0 Å². The number of ether oxygens (including phenoxy) is 1. The van der Waals surface area contributed by atoms with Crippen molar-refractivity contribution >= 4 is 5.95 Å². The summed E-state index contributed by atoms with van der Waals surface area (Å²) in [6.07, 6.45) is 4.87. The highest BCUT2D eigenvalue weighted by molar-refractivity contribution is 5.26. The molecule has 0 aliphatic rings. The average molecular weight is 239 g/mol. The second-order valence-corrected chi connectivity index (χ2v) is 5.41. The molecule has 0 aromatic carbocycles. The molecule has 0 radical (unpaired) electrons. The highest BCUT2D eigenvalue weighted by Gasteiger charge is 2.11. The first-order valence-corrected chi connectivity index (χ1v) is 6.35. The van der Waals surface area contributed by atoms with Crippen LogP contribution in [-0.4, -0.2) is 29.3 Å². The number of imidazole rings is 1. The smallest absolute Gasteiger partial charge is 0.202 e. The molecule has 0 spiro atoms. The lowest BCUT2D eigenvalue weighted by Crippen LogP contribution is -2.21. The number of anilines is 1. The lowest BCUT2D eigenvalue weighted by atomic mass is 9.97. The summed E-state index contributed by atoms with van der Waals surface area (Å²) in [5.74, 6) is 0.955. The molecule has 1 heterocycles. The fourth-order valence-corrected chi connectivity index (χ4v) is 1.48. The first-order valence-electron chi connectivity index (χ1n) is 6.35. The molecular formula is C13H25N3O.